The summed E-state index contributed by atoms with van der Waals surface area (Å²) in [6.07, 6.45) is 2.47. The minimum Gasteiger partial charge on any atom is -0.476 e. The Morgan fingerprint density at radius 2 is 2.05 bits per heavy atom. The zero-order chi connectivity index (χ0) is 14.5. The predicted octanol–water partition coefficient (Wildman–Crippen LogP) is 1.68. The van der Waals surface area contributed by atoms with E-state index in [0.29, 0.717) is 6.54 Å². The topological polar surface area (TPSA) is 71.2 Å². The van der Waals surface area contributed by atoms with Crippen LogP contribution < -0.4 is 4.90 Å². The number of hydrogen-bond donors (Lipinski definition) is 1. The van der Waals surface area contributed by atoms with E-state index in [4.69, 9.17) is 5.11 Å². The van der Waals surface area contributed by atoms with Crippen molar-refractivity contribution in [2.45, 2.75) is 19.9 Å². The highest BCUT2D eigenvalue weighted by atomic mass is 16.4. The smallest absolute Gasteiger partial charge is 0.358 e. The normalized spacial score (nSPS) is 10.5. The molecule has 6 heteroatoms. The van der Waals surface area contributed by atoms with Gasteiger partial charge in [-0.05, 0) is 24.1 Å². The second-order valence-electron chi connectivity index (χ2n) is 4.61. The van der Waals surface area contributed by atoms with Crippen molar-refractivity contribution in [3.8, 4) is 0 Å². The second-order valence-corrected chi connectivity index (χ2v) is 4.61. The average Bonchev–Trinajstić information content (AvgIpc) is 2.94. The quantitative estimate of drug-likeness (QED) is 0.867. The van der Waals surface area contributed by atoms with Gasteiger partial charge in [0.1, 0.15) is 0 Å². The Morgan fingerprint density at radius 1 is 1.35 bits per heavy atom. The largest absolute Gasteiger partial charge is 0.476 e. The molecule has 0 unspecified atom stereocenters. The summed E-state index contributed by atoms with van der Waals surface area (Å²) in [5, 5.41) is 16.2. The summed E-state index contributed by atoms with van der Waals surface area (Å²) >= 11 is 0. The maximum Gasteiger partial charge on any atom is 0.358 e. The molecule has 0 aliphatic rings. The Labute approximate surface area is 117 Å². The van der Waals surface area contributed by atoms with Gasteiger partial charge in [0.15, 0.2) is 5.69 Å². The van der Waals surface area contributed by atoms with E-state index in [9.17, 15) is 4.79 Å². The van der Waals surface area contributed by atoms with Gasteiger partial charge in [-0.25, -0.2) is 9.48 Å². The number of aromatic nitrogens is 3. The molecular weight excluding hydrogens is 256 g/mol. The number of aryl methyl sites for hydroxylation is 1. The van der Waals surface area contributed by atoms with E-state index in [1.54, 1.807) is 4.68 Å². The Kier molecular flexibility index (Phi) is 4.34. The van der Waals surface area contributed by atoms with Crippen LogP contribution in [0.5, 0.6) is 0 Å². The molecule has 1 heterocycles. The minimum atomic E-state index is -1.06. The molecule has 106 valence electrons. The van der Waals surface area contributed by atoms with Crippen LogP contribution in [0.25, 0.3) is 0 Å². The lowest BCUT2D eigenvalue weighted by molar-refractivity contribution is 0.0690. The predicted molar refractivity (Wildman–Crippen MR) is 76.1 cm³/mol. The summed E-state index contributed by atoms with van der Waals surface area (Å²) in [5.74, 6) is -1.06. The molecule has 6 nitrogen and oxygen atoms in total. The fraction of sp³-hybridized carbons (Fsp3) is 0.357. The molecule has 0 aliphatic carbocycles. The van der Waals surface area contributed by atoms with Gasteiger partial charge >= 0.3 is 5.97 Å². The van der Waals surface area contributed by atoms with E-state index in [1.165, 1.54) is 11.8 Å². The summed E-state index contributed by atoms with van der Waals surface area (Å²) in [4.78, 5) is 12.8. The lowest BCUT2D eigenvalue weighted by Gasteiger charge is -2.19. The van der Waals surface area contributed by atoms with Gasteiger partial charge in [0, 0.05) is 19.3 Å². The van der Waals surface area contributed by atoms with Crippen molar-refractivity contribution in [1.82, 2.24) is 15.0 Å². The molecular formula is C14H18N4O2. The first-order valence-electron chi connectivity index (χ1n) is 6.53. The fourth-order valence-electron chi connectivity index (χ4n) is 1.87. The van der Waals surface area contributed by atoms with Crippen molar-refractivity contribution in [3.63, 3.8) is 0 Å². The van der Waals surface area contributed by atoms with Crippen molar-refractivity contribution in [2.24, 2.45) is 0 Å². The van der Waals surface area contributed by atoms with E-state index in [-0.39, 0.29) is 5.69 Å². The first-order chi connectivity index (χ1) is 9.60. The molecule has 1 aromatic heterocycles. The molecule has 20 heavy (non-hydrogen) atoms. The fourth-order valence-corrected chi connectivity index (χ4v) is 1.87. The van der Waals surface area contributed by atoms with Crippen LogP contribution in [0.3, 0.4) is 0 Å². The lowest BCUT2D eigenvalue weighted by Crippen LogP contribution is -2.22. The lowest BCUT2D eigenvalue weighted by atomic mass is 10.1. The van der Waals surface area contributed by atoms with Gasteiger partial charge in [-0.1, -0.05) is 24.3 Å². The van der Waals surface area contributed by atoms with E-state index in [0.717, 1.165) is 18.7 Å². The van der Waals surface area contributed by atoms with Crippen LogP contribution in [0.15, 0.2) is 30.5 Å². The standard InChI is InChI=1S/C14H18N4O2/c1-3-11-4-6-12(7-5-11)17(2)8-9-18-10-13(14(19)20)15-16-18/h4-7,10H,3,8-9H2,1-2H3,(H,19,20). The number of nitrogens with zero attached hydrogens (tertiary/aromatic N) is 4. The summed E-state index contributed by atoms with van der Waals surface area (Å²) in [6, 6.07) is 8.40. The Balaban J connectivity index is 1.93. The Morgan fingerprint density at radius 3 is 2.60 bits per heavy atom. The Hall–Kier alpha value is -2.37. The van der Waals surface area contributed by atoms with E-state index in [1.807, 2.05) is 7.05 Å². The highest BCUT2D eigenvalue weighted by Gasteiger charge is 2.08. The van der Waals surface area contributed by atoms with Crippen LogP contribution in [0.1, 0.15) is 23.0 Å². The number of benzene rings is 1. The first-order valence-corrected chi connectivity index (χ1v) is 6.53. The van der Waals surface area contributed by atoms with Gasteiger partial charge in [-0.15, -0.1) is 5.10 Å². The molecule has 0 radical (unpaired) electrons. The van der Waals surface area contributed by atoms with Crippen molar-refractivity contribution in [1.29, 1.82) is 0 Å². The maximum absolute atomic E-state index is 10.7. The van der Waals surface area contributed by atoms with Crippen molar-refractivity contribution < 1.29 is 9.90 Å². The molecule has 2 rings (SSSR count). The summed E-state index contributed by atoms with van der Waals surface area (Å²) < 4.78 is 1.54. The number of carbonyl (C=O) groups is 1. The van der Waals surface area contributed by atoms with Crippen LogP contribution in [0.2, 0.25) is 0 Å². The number of likely N-dealkylation sites (N-methyl/N-ethyl adjacent to an activating group) is 1. The third-order valence-corrected chi connectivity index (χ3v) is 3.21. The monoisotopic (exact) mass is 274 g/mol. The second kappa shape index (κ2) is 6.18. The third-order valence-electron chi connectivity index (χ3n) is 3.21. The number of carboxylic acids is 1. The van der Waals surface area contributed by atoms with E-state index in [2.05, 4.69) is 46.4 Å². The van der Waals surface area contributed by atoms with Crippen molar-refractivity contribution in [3.05, 3.63) is 41.7 Å². The number of rotatable bonds is 6. The molecule has 0 saturated carbocycles. The van der Waals surface area contributed by atoms with Crippen LogP contribution in [-0.2, 0) is 13.0 Å². The van der Waals surface area contributed by atoms with Gasteiger partial charge in [0.25, 0.3) is 0 Å². The molecule has 2 aromatic rings. The van der Waals surface area contributed by atoms with Crippen LogP contribution in [0.4, 0.5) is 5.69 Å². The maximum atomic E-state index is 10.7. The number of aromatic carboxylic acids is 1. The van der Waals surface area contributed by atoms with Crippen LogP contribution in [0, 0.1) is 0 Å². The molecule has 0 amide bonds. The average molecular weight is 274 g/mol. The molecule has 0 aliphatic heterocycles. The van der Waals surface area contributed by atoms with Crippen LogP contribution in [-0.4, -0.2) is 39.7 Å². The summed E-state index contributed by atoms with van der Waals surface area (Å²) in [7, 11) is 2.00. The molecule has 0 bridgehead atoms. The van der Waals surface area contributed by atoms with Gasteiger partial charge in [-0.2, -0.15) is 0 Å². The molecule has 0 fully saturated rings. The highest BCUT2D eigenvalue weighted by Crippen LogP contribution is 2.14. The summed E-state index contributed by atoms with van der Waals surface area (Å²) in [6.45, 7) is 3.45. The molecule has 0 atom stereocenters. The highest BCUT2D eigenvalue weighted by molar-refractivity contribution is 5.84. The number of anilines is 1. The third kappa shape index (κ3) is 3.34. The van der Waals surface area contributed by atoms with Crippen molar-refractivity contribution in [2.75, 3.05) is 18.5 Å². The zero-order valence-corrected chi connectivity index (χ0v) is 11.7. The number of hydrogen-bond acceptors (Lipinski definition) is 4. The van der Waals surface area contributed by atoms with Gasteiger partial charge < -0.3 is 10.0 Å². The zero-order valence-electron chi connectivity index (χ0n) is 11.7. The molecule has 1 N–H and O–H groups in total. The Bertz CT molecular complexity index is 577. The van der Waals surface area contributed by atoms with Gasteiger partial charge in [-0.3, -0.25) is 0 Å². The van der Waals surface area contributed by atoms with E-state index < -0.39 is 5.97 Å². The molecule has 0 saturated heterocycles. The van der Waals surface area contributed by atoms with Gasteiger partial charge in [0.05, 0.1) is 12.7 Å². The van der Waals surface area contributed by atoms with Crippen LogP contribution >= 0.6 is 0 Å². The summed E-state index contributed by atoms with van der Waals surface area (Å²) in [5.41, 5.74) is 2.41. The molecule has 1 aromatic carbocycles. The number of carboxylic acid groups (broad SMARTS) is 1. The SMILES string of the molecule is CCc1ccc(N(C)CCn2cc(C(=O)O)nn2)cc1. The first kappa shape index (κ1) is 14.0. The molecule has 0 spiro atoms. The minimum absolute atomic E-state index is 0.0278. The van der Waals surface area contributed by atoms with E-state index >= 15 is 0 Å². The van der Waals surface area contributed by atoms with Crippen molar-refractivity contribution >= 4 is 11.7 Å². The van der Waals surface area contributed by atoms with Gasteiger partial charge in [0.2, 0.25) is 0 Å².